The van der Waals surface area contributed by atoms with Gasteiger partial charge < -0.3 is 14.1 Å². The second kappa shape index (κ2) is 8.60. The molecule has 0 radical (unpaired) electrons. The normalized spacial score (nSPS) is 19.5. The summed E-state index contributed by atoms with van der Waals surface area (Å²) in [6.07, 6.45) is 4.88. The van der Waals surface area contributed by atoms with Crippen LogP contribution in [0.3, 0.4) is 0 Å². The summed E-state index contributed by atoms with van der Waals surface area (Å²) < 4.78 is 11.3. The van der Waals surface area contributed by atoms with E-state index in [4.69, 9.17) is 21.4 Å². The SMILES string of the molecule is C=CCN1C(=O)C(=CC(=CN2CCOCC2)c2nc3ccccc3o2)C(=O)NC1=S. The summed E-state index contributed by atoms with van der Waals surface area (Å²) in [7, 11) is 0. The number of ether oxygens (including phenoxy) is 1. The van der Waals surface area contributed by atoms with Gasteiger partial charge >= 0.3 is 0 Å². The lowest BCUT2D eigenvalue weighted by Crippen LogP contribution is -2.54. The van der Waals surface area contributed by atoms with Gasteiger partial charge in [-0.2, -0.15) is 0 Å². The number of carbonyl (C=O) groups excluding carboxylic acids is 2. The number of morpholine rings is 1. The zero-order chi connectivity index (χ0) is 21.1. The van der Waals surface area contributed by atoms with E-state index in [1.165, 1.54) is 11.0 Å². The van der Waals surface area contributed by atoms with Crippen molar-refractivity contribution in [1.29, 1.82) is 0 Å². The van der Waals surface area contributed by atoms with Crippen molar-refractivity contribution < 1.29 is 18.7 Å². The average molecular weight is 424 g/mol. The lowest BCUT2D eigenvalue weighted by Gasteiger charge is -2.28. The smallest absolute Gasteiger partial charge is 0.265 e. The van der Waals surface area contributed by atoms with Crippen LogP contribution in [-0.4, -0.2) is 64.6 Å². The highest BCUT2D eigenvalue weighted by Gasteiger charge is 2.33. The van der Waals surface area contributed by atoms with Crippen molar-refractivity contribution in [2.75, 3.05) is 32.8 Å². The minimum atomic E-state index is -0.561. The molecule has 4 rings (SSSR count). The Balaban J connectivity index is 1.77. The van der Waals surface area contributed by atoms with E-state index in [9.17, 15) is 9.59 Å². The Kier molecular flexibility index (Phi) is 5.73. The lowest BCUT2D eigenvalue weighted by atomic mass is 10.1. The number of oxazole rings is 1. The number of aromatic nitrogens is 1. The standard InChI is InChI=1S/C21H20N4O4S/c1-2-7-25-20(27)15(18(26)23-21(25)30)12-14(13-24-8-10-28-11-9-24)19-22-16-5-3-4-6-17(16)29-19/h2-6,12-13H,1,7-11H2,(H,23,26,30). The van der Waals surface area contributed by atoms with Crippen molar-refractivity contribution in [3.8, 4) is 0 Å². The van der Waals surface area contributed by atoms with Crippen LogP contribution in [0.25, 0.3) is 16.7 Å². The van der Waals surface area contributed by atoms with Crippen molar-refractivity contribution in [3.63, 3.8) is 0 Å². The first-order valence-corrected chi connectivity index (χ1v) is 9.87. The van der Waals surface area contributed by atoms with Gasteiger partial charge in [-0.05, 0) is 30.4 Å². The van der Waals surface area contributed by atoms with E-state index >= 15 is 0 Å². The first-order chi connectivity index (χ1) is 14.6. The number of hydrogen-bond acceptors (Lipinski definition) is 7. The molecular weight excluding hydrogens is 404 g/mol. The van der Waals surface area contributed by atoms with Crippen LogP contribution in [-0.2, 0) is 14.3 Å². The summed E-state index contributed by atoms with van der Waals surface area (Å²) in [5, 5.41) is 2.61. The Morgan fingerprint density at radius 2 is 2.03 bits per heavy atom. The van der Waals surface area contributed by atoms with Crippen LogP contribution in [0.5, 0.6) is 0 Å². The van der Waals surface area contributed by atoms with Crippen molar-refractivity contribution in [3.05, 3.63) is 60.7 Å². The van der Waals surface area contributed by atoms with Gasteiger partial charge in [0.2, 0.25) is 5.89 Å². The fourth-order valence-electron chi connectivity index (χ4n) is 3.20. The first-order valence-electron chi connectivity index (χ1n) is 9.46. The zero-order valence-electron chi connectivity index (χ0n) is 16.2. The monoisotopic (exact) mass is 424 g/mol. The zero-order valence-corrected chi connectivity index (χ0v) is 17.0. The number of benzene rings is 1. The first kappa shape index (κ1) is 20.0. The number of hydrogen-bond donors (Lipinski definition) is 1. The number of para-hydroxylation sites is 2. The second-order valence-corrected chi connectivity index (χ2v) is 7.13. The highest BCUT2D eigenvalue weighted by molar-refractivity contribution is 7.80. The number of thiocarbonyl (C=S) groups is 1. The van der Waals surface area contributed by atoms with E-state index < -0.39 is 11.8 Å². The summed E-state index contributed by atoms with van der Waals surface area (Å²) >= 11 is 5.11. The fraction of sp³-hybridized carbons (Fsp3) is 0.238. The number of carbonyl (C=O) groups is 2. The molecule has 9 heteroatoms. The minimum absolute atomic E-state index is 0.0489. The number of fused-ring (bicyclic) bond motifs is 1. The molecule has 0 unspecified atom stereocenters. The van der Waals surface area contributed by atoms with E-state index in [-0.39, 0.29) is 17.2 Å². The third-order valence-corrected chi connectivity index (χ3v) is 5.03. The Labute approximate surface area is 178 Å². The van der Waals surface area contributed by atoms with Gasteiger partial charge in [0.1, 0.15) is 11.1 Å². The Bertz CT molecular complexity index is 1050. The van der Waals surface area contributed by atoms with Crippen molar-refractivity contribution >= 4 is 45.8 Å². The van der Waals surface area contributed by atoms with Gasteiger partial charge in [0, 0.05) is 25.8 Å². The summed E-state index contributed by atoms with van der Waals surface area (Å²) in [5.74, 6) is -0.735. The molecule has 8 nitrogen and oxygen atoms in total. The Morgan fingerprint density at radius 1 is 1.27 bits per heavy atom. The summed E-state index contributed by atoms with van der Waals surface area (Å²) in [5.41, 5.74) is 1.77. The highest BCUT2D eigenvalue weighted by Crippen LogP contribution is 2.25. The number of nitrogens with zero attached hydrogens (tertiary/aromatic N) is 3. The van der Waals surface area contributed by atoms with Crippen LogP contribution in [0.4, 0.5) is 0 Å². The molecule has 2 aromatic rings. The molecule has 0 spiro atoms. The topological polar surface area (TPSA) is 87.9 Å². The van der Waals surface area contributed by atoms with Crippen LogP contribution in [0.15, 0.2) is 59.2 Å². The maximum absolute atomic E-state index is 12.9. The fourth-order valence-corrected chi connectivity index (χ4v) is 3.45. The molecule has 2 saturated heterocycles. The predicted octanol–water partition coefficient (Wildman–Crippen LogP) is 1.86. The largest absolute Gasteiger partial charge is 0.436 e. The summed E-state index contributed by atoms with van der Waals surface area (Å²) in [6.45, 7) is 6.38. The minimum Gasteiger partial charge on any atom is -0.436 e. The molecule has 2 amide bonds. The van der Waals surface area contributed by atoms with Gasteiger partial charge in [-0.25, -0.2) is 4.98 Å². The van der Waals surface area contributed by atoms with Crippen LogP contribution < -0.4 is 5.32 Å². The quantitative estimate of drug-likeness (QED) is 0.339. The molecule has 1 aromatic carbocycles. The maximum atomic E-state index is 12.9. The highest BCUT2D eigenvalue weighted by atomic mass is 32.1. The van der Waals surface area contributed by atoms with E-state index in [0.29, 0.717) is 48.9 Å². The molecule has 0 bridgehead atoms. The summed E-state index contributed by atoms with van der Waals surface area (Å²) in [4.78, 5) is 33.3. The van der Waals surface area contributed by atoms with Crippen LogP contribution in [0, 0.1) is 0 Å². The van der Waals surface area contributed by atoms with Crippen molar-refractivity contribution in [1.82, 2.24) is 20.1 Å². The van der Waals surface area contributed by atoms with Crippen LogP contribution in [0.2, 0.25) is 0 Å². The maximum Gasteiger partial charge on any atom is 0.265 e. The van der Waals surface area contributed by atoms with Gasteiger partial charge in [-0.1, -0.05) is 18.2 Å². The average Bonchev–Trinajstić information content (AvgIpc) is 3.18. The van der Waals surface area contributed by atoms with E-state index in [2.05, 4.69) is 16.9 Å². The molecule has 2 aliphatic rings. The molecule has 0 aliphatic carbocycles. The molecule has 0 atom stereocenters. The predicted molar refractivity (Wildman–Crippen MR) is 115 cm³/mol. The van der Waals surface area contributed by atoms with E-state index in [0.717, 1.165) is 0 Å². The van der Waals surface area contributed by atoms with Gasteiger partial charge in [-0.3, -0.25) is 19.8 Å². The Hall–Kier alpha value is -3.30. The van der Waals surface area contributed by atoms with Crippen molar-refractivity contribution in [2.24, 2.45) is 0 Å². The molecule has 3 heterocycles. The van der Waals surface area contributed by atoms with Gasteiger partial charge in [-0.15, -0.1) is 6.58 Å². The number of nitrogens with one attached hydrogen (secondary N) is 1. The number of allylic oxidation sites excluding steroid dienone is 2. The third kappa shape index (κ3) is 4.03. The van der Waals surface area contributed by atoms with Gasteiger partial charge in [0.15, 0.2) is 10.7 Å². The molecule has 1 N–H and O–H groups in total. The second-order valence-electron chi connectivity index (χ2n) is 6.74. The molecular formula is C21H20N4O4S. The Morgan fingerprint density at radius 3 is 2.77 bits per heavy atom. The number of rotatable bonds is 5. The number of amides is 2. The molecule has 1 aromatic heterocycles. The third-order valence-electron chi connectivity index (χ3n) is 4.71. The molecule has 0 saturated carbocycles. The molecule has 2 aliphatic heterocycles. The lowest BCUT2D eigenvalue weighted by molar-refractivity contribution is -0.128. The van der Waals surface area contributed by atoms with Gasteiger partial charge in [0.05, 0.1) is 18.8 Å². The molecule has 154 valence electrons. The van der Waals surface area contributed by atoms with Crippen molar-refractivity contribution in [2.45, 2.75) is 0 Å². The van der Waals surface area contributed by atoms with Crippen LogP contribution in [0.1, 0.15) is 5.89 Å². The van der Waals surface area contributed by atoms with E-state index in [1.54, 1.807) is 6.08 Å². The molecule has 30 heavy (non-hydrogen) atoms. The van der Waals surface area contributed by atoms with E-state index in [1.807, 2.05) is 35.4 Å². The molecule has 2 fully saturated rings. The summed E-state index contributed by atoms with van der Waals surface area (Å²) in [6, 6.07) is 7.37. The van der Waals surface area contributed by atoms with Gasteiger partial charge in [0.25, 0.3) is 11.8 Å². The van der Waals surface area contributed by atoms with Crippen LogP contribution >= 0.6 is 12.2 Å².